The van der Waals surface area contributed by atoms with Crippen LogP contribution in [0.1, 0.15) is 22.4 Å². The first-order chi connectivity index (χ1) is 15.9. The maximum atomic E-state index is 14.2. The molecule has 6 nitrogen and oxygen atoms in total. The van der Waals surface area contributed by atoms with Crippen LogP contribution in [0.25, 0.3) is 15.8 Å². The van der Waals surface area contributed by atoms with Crippen molar-refractivity contribution in [1.82, 2.24) is 15.3 Å². The van der Waals surface area contributed by atoms with E-state index in [1.165, 1.54) is 24.0 Å². The molecule has 0 saturated carbocycles. The third-order valence-electron chi connectivity index (χ3n) is 5.54. The number of fused-ring (bicyclic) bond motifs is 1. The summed E-state index contributed by atoms with van der Waals surface area (Å²) in [5.74, 6) is 0.856. The van der Waals surface area contributed by atoms with E-state index in [0.29, 0.717) is 30.2 Å². The summed E-state index contributed by atoms with van der Waals surface area (Å²) >= 11 is 1.53. The van der Waals surface area contributed by atoms with Gasteiger partial charge in [-0.2, -0.15) is 0 Å². The Morgan fingerprint density at radius 1 is 1.33 bits per heavy atom. The smallest absolute Gasteiger partial charge is 0.212 e. The lowest BCUT2D eigenvalue weighted by molar-refractivity contribution is 0.398. The molecule has 3 aromatic rings. The number of benzene rings is 1. The number of aliphatic imine (C=N–C) groups is 1. The van der Waals surface area contributed by atoms with Crippen molar-refractivity contribution >= 4 is 33.3 Å². The maximum absolute atomic E-state index is 14.2. The van der Waals surface area contributed by atoms with E-state index in [0.717, 1.165) is 43.3 Å². The van der Waals surface area contributed by atoms with Crippen molar-refractivity contribution in [3.63, 3.8) is 0 Å². The minimum Gasteiger partial charge on any atom is -0.481 e. The first-order valence-electron chi connectivity index (χ1n) is 10.5. The van der Waals surface area contributed by atoms with Crippen LogP contribution < -0.4 is 15.8 Å². The number of H-pyrrole nitrogens is 1. The molecular weight excluding hydrogens is 437 g/mol. The number of halogens is 1. The summed E-state index contributed by atoms with van der Waals surface area (Å²) in [6.45, 7) is 8.28. The minimum absolute atomic E-state index is 0.237. The number of ether oxygens (including phenoxy) is 1. The monoisotopic (exact) mass is 463 g/mol. The zero-order valence-electron chi connectivity index (χ0n) is 18.8. The molecule has 0 radical (unpaired) electrons. The van der Waals surface area contributed by atoms with Crippen LogP contribution in [0.15, 0.2) is 65.0 Å². The van der Waals surface area contributed by atoms with Gasteiger partial charge in [0.15, 0.2) is 0 Å². The number of aromatic nitrogens is 2. The van der Waals surface area contributed by atoms with E-state index in [9.17, 15) is 4.39 Å². The van der Waals surface area contributed by atoms with Gasteiger partial charge in [-0.3, -0.25) is 4.99 Å². The lowest BCUT2D eigenvalue weighted by Crippen LogP contribution is -2.25. The van der Waals surface area contributed by atoms with Crippen LogP contribution in [-0.4, -0.2) is 29.3 Å². The molecule has 0 aliphatic carbocycles. The van der Waals surface area contributed by atoms with Crippen LogP contribution in [0.3, 0.4) is 0 Å². The summed E-state index contributed by atoms with van der Waals surface area (Å²) < 4.78 is 19.4. The van der Waals surface area contributed by atoms with E-state index in [2.05, 4.69) is 26.9 Å². The highest BCUT2D eigenvalue weighted by atomic mass is 32.2. The fraction of sp³-hybridized carbons (Fsp3) is 0.200. The summed E-state index contributed by atoms with van der Waals surface area (Å²) in [4.78, 5) is 13.7. The Bertz CT molecular complexity index is 1300. The molecule has 0 saturated heterocycles. The van der Waals surface area contributed by atoms with Gasteiger partial charge in [0.25, 0.3) is 0 Å². The third kappa shape index (κ3) is 4.52. The molecule has 0 atom stereocenters. The normalized spacial score (nSPS) is 16.2. The van der Waals surface area contributed by atoms with Gasteiger partial charge in [0.2, 0.25) is 5.88 Å². The van der Waals surface area contributed by atoms with Crippen LogP contribution >= 0.6 is 11.8 Å². The van der Waals surface area contributed by atoms with Crippen LogP contribution in [0.5, 0.6) is 5.88 Å². The summed E-state index contributed by atoms with van der Waals surface area (Å²) in [6, 6.07) is 7.08. The number of allylic oxidation sites excluding steroid dienone is 2. The first kappa shape index (κ1) is 22.7. The van der Waals surface area contributed by atoms with Gasteiger partial charge in [0.1, 0.15) is 11.6 Å². The molecule has 170 valence electrons. The van der Waals surface area contributed by atoms with Gasteiger partial charge >= 0.3 is 0 Å². The van der Waals surface area contributed by atoms with Crippen molar-refractivity contribution in [3.8, 4) is 5.88 Å². The quantitative estimate of drug-likeness (QED) is 0.461. The van der Waals surface area contributed by atoms with Crippen molar-refractivity contribution in [2.24, 2.45) is 10.7 Å². The zero-order chi connectivity index (χ0) is 23.5. The molecule has 0 amide bonds. The van der Waals surface area contributed by atoms with Gasteiger partial charge in [-0.15, -0.1) is 0 Å². The number of aryl methyl sites for hydroxylation is 2. The highest BCUT2D eigenvalue weighted by molar-refractivity contribution is 8.13. The Hall–Kier alpha value is -3.52. The highest BCUT2D eigenvalue weighted by Crippen LogP contribution is 2.41. The van der Waals surface area contributed by atoms with E-state index in [4.69, 9.17) is 10.5 Å². The second-order valence-electron chi connectivity index (χ2n) is 7.66. The van der Waals surface area contributed by atoms with Crippen LogP contribution in [0.2, 0.25) is 0 Å². The molecule has 4 rings (SSSR count). The lowest BCUT2D eigenvalue weighted by Gasteiger charge is -2.11. The van der Waals surface area contributed by atoms with Gasteiger partial charge < -0.3 is 20.8 Å². The Labute approximate surface area is 196 Å². The number of nitrogens with zero attached hydrogens (tertiary/aromatic N) is 2. The molecule has 1 aromatic carbocycles. The van der Waals surface area contributed by atoms with Crippen LogP contribution in [0, 0.1) is 19.7 Å². The van der Waals surface area contributed by atoms with Crippen LogP contribution in [0.4, 0.5) is 4.39 Å². The number of methoxy groups -OCH3 is 1. The standard InChI is InChI=1S/C25H26FN5OS/c1-5-28-19-12-20(16-7-9-21(32-4)30-13-16)33-24(19)25(27)29-11-10-17-15(3)31-23-18(26)8-6-14(2)22(17)23/h5-9,12-13,29,31H,1,10-11,27H2,2-4H3/b25-24-,28-19-. The third-order valence-corrected chi connectivity index (χ3v) is 6.74. The predicted octanol–water partition coefficient (Wildman–Crippen LogP) is 4.96. The number of hydrogen-bond donors (Lipinski definition) is 3. The molecule has 0 spiro atoms. The van der Waals surface area contributed by atoms with E-state index < -0.39 is 0 Å². The first-order valence-corrected chi connectivity index (χ1v) is 11.3. The second-order valence-corrected chi connectivity index (χ2v) is 8.71. The fourth-order valence-corrected chi connectivity index (χ4v) is 4.94. The summed E-state index contributed by atoms with van der Waals surface area (Å²) in [7, 11) is 1.59. The van der Waals surface area contributed by atoms with E-state index >= 15 is 0 Å². The molecule has 0 fully saturated rings. The van der Waals surface area contributed by atoms with Gasteiger partial charge in [0, 0.05) is 46.6 Å². The molecule has 8 heteroatoms. The van der Waals surface area contributed by atoms with Crippen LogP contribution in [-0.2, 0) is 6.42 Å². The number of hydrogen-bond acceptors (Lipinski definition) is 6. The molecule has 33 heavy (non-hydrogen) atoms. The van der Waals surface area contributed by atoms with Gasteiger partial charge in [-0.25, -0.2) is 9.37 Å². The SMILES string of the molecule is C=C/N=C1/C=C(c2ccc(OC)nc2)S/C1=C(/N)NCCc1c(C)[nH]c2c(F)ccc(C)c12. The number of nitrogens with two attached hydrogens (primary N) is 1. The Balaban J connectivity index is 1.52. The minimum atomic E-state index is -0.237. The number of rotatable bonds is 7. The van der Waals surface area contributed by atoms with Gasteiger partial charge in [-0.05, 0) is 49.6 Å². The molecule has 1 aliphatic heterocycles. The van der Waals surface area contributed by atoms with E-state index in [1.807, 2.05) is 38.1 Å². The van der Waals surface area contributed by atoms with Crippen molar-refractivity contribution in [1.29, 1.82) is 0 Å². The number of pyridine rings is 1. The molecule has 0 bridgehead atoms. The number of nitrogens with one attached hydrogen (secondary N) is 2. The molecule has 1 aliphatic rings. The zero-order valence-corrected chi connectivity index (χ0v) is 19.6. The second kappa shape index (κ2) is 9.54. The predicted molar refractivity (Wildman–Crippen MR) is 135 cm³/mol. The Kier molecular flexibility index (Phi) is 6.55. The highest BCUT2D eigenvalue weighted by Gasteiger charge is 2.22. The number of thioether (sulfide) groups is 1. The van der Waals surface area contributed by atoms with Crippen molar-refractivity contribution in [2.75, 3.05) is 13.7 Å². The summed E-state index contributed by atoms with van der Waals surface area (Å²) in [6.07, 6.45) is 5.93. The summed E-state index contributed by atoms with van der Waals surface area (Å²) in [5.41, 5.74) is 11.8. The number of aromatic amines is 1. The lowest BCUT2D eigenvalue weighted by atomic mass is 10.0. The molecular formula is C25H26FN5OS. The Morgan fingerprint density at radius 3 is 2.85 bits per heavy atom. The molecule has 2 aromatic heterocycles. The topological polar surface area (TPSA) is 88.3 Å². The van der Waals surface area contributed by atoms with Gasteiger partial charge in [-0.1, -0.05) is 24.4 Å². The average molecular weight is 464 g/mol. The van der Waals surface area contributed by atoms with Crippen molar-refractivity contribution < 1.29 is 9.13 Å². The largest absolute Gasteiger partial charge is 0.481 e. The summed E-state index contributed by atoms with van der Waals surface area (Å²) in [5, 5.41) is 4.26. The van der Waals surface area contributed by atoms with E-state index in [1.54, 1.807) is 13.3 Å². The van der Waals surface area contributed by atoms with Gasteiger partial charge in [0.05, 0.1) is 23.2 Å². The molecule has 0 unspecified atom stereocenters. The molecule has 4 N–H and O–H groups in total. The average Bonchev–Trinajstić information content (AvgIpc) is 3.39. The maximum Gasteiger partial charge on any atom is 0.212 e. The van der Waals surface area contributed by atoms with Crippen molar-refractivity contribution in [3.05, 3.63) is 88.2 Å². The van der Waals surface area contributed by atoms with Crippen molar-refractivity contribution in [2.45, 2.75) is 20.3 Å². The fourth-order valence-electron chi connectivity index (χ4n) is 3.92. The Morgan fingerprint density at radius 2 is 2.15 bits per heavy atom. The van der Waals surface area contributed by atoms with E-state index in [-0.39, 0.29) is 5.82 Å². The molecule has 3 heterocycles.